The number of allylic oxidation sites excluding steroid dienone is 1. The summed E-state index contributed by atoms with van der Waals surface area (Å²) in [6.07, 6.45) is 3.29. The van der Waals surface area contributed by atoms with Gasteiger partial charge in [-0.25, -0.2) is 0 Å². The third-order valence-electron chi connectivity index (χ3n) is 2.17. The van der Waals surface area contributed by atoms with Crippen molar-refractivity contribution in [1.82, 2.24) is 0 Å². The average Bonchev–Trinajstić information content (AvgIpc) is 2.28. The van der Waals surface area contributed by atoms with Gasteiger partial charge in [-0.3, -0.25) is 4.99 Å². The van der Waals surface area contributed by atoms with Crippen molar-refractivity contribution in [3.63, 3.8) is 0 Å². The van der Waals surface area contributed by atoms with E-state index in [0.717, 1.165) is 16.4 Å². The summed E-state index contributed by atoms with van der Waals surface area (Å²) in [5.41, 5.74) is 14.6. The molecule has 84 valence electrons. The summed E-state index contributed by atoms with van der Waals surface area (Å²) in [7, 11) is 4.28. The van der Waals surface area contributed by atoms with Crippen LogP contribution in [0.2, 0.25) is 0 Å². The minimum absolute atomic E-state index is 0.459. The first kappa shape index (κ1) is 12.5. The molecule has 16 heavy (non-hydrogen) atoms. The van der Waals surface area contributed by atoms with Gasteiger partial charge in [0.2, 0.25) is 0 Å². The molecule has 0 heterocycles. The quantitative estimate of drug-likeness (QED) is 0.607. The molecule has 1 rings (SSSR count). The molecule has 0 saturated carbocycles. The zero-order valence-electron chi connectivity index (χ0n) is 9.27. The topological polar surface area (TPSA) is 64.4 Å². The highest BCUT2D eigenvalue weighted by Crippen LogP contribution is 2.17. The molecule has 0 aromatic heterocycles. The molecule has 4 N–H and O–H groups in total. The van der Waals surface area contributed by atoms with Crippen LogP contribution in [0.15, 0.2) is 35.5 Å². The van der Waals surface area contributed by atoms with Crippen LogP contribution in [-0.4, -0.2) is 13.3 Å². The minimum atomic E-state index is 0.459. The predicted molar refractivity (Wildman–Crippen MR) is 75.6 cm³/mol. The third-order valence-corrected chi connectivity index (χ3v) is 2.53. The fraction of sp³-hybridized carbons (Fsp3) is 0.0833. The van der Waals surface area contributed by atoms with E-state index in [1.54, 1.807) is 13.1 Å². The van der Waals surface area contributed by atoms with E-state index < -0.39 is 0 Å². The van der Waals surface area contributed by atoms with Gasteiger partial charge in [-0.2, -0.15) is 0 Å². The van der Waals surface area contributed by atoms with E-state index >= 15 is 0 Å². The Morgan fingerprint density at radius 2 is 2.12 bits per heavy atom. The molecule has 3 nitrogen and oxygen atoms in total. The van der Waals surface area contributed by atoms with Gasteiger partial charge in [0.1, 0.15) is 0 Å². The molecule has 0 amide bonds. The molecule has 0 saturated heterocycles. The smallest absolute Gasteiger partial charge is 0.0735 e. The number of nitrogens with two attached hydrogens (primary N) is 2. The number of aliphatic imine (C=N–C) groups is 1. The average molecular weight is 233 g/mol. The van der Waals surface area contributed by atoms with Crippen molar-refractivity contribution in [2.24, 2.45) is 16.5 Å². The lowest BCUT2D eigenvalue weighted by atomic mass is 10.0. The maximum atomic E-state index is 5.98. The molecule has 1 unspecified atom stereocenters. The Balaban J connectivity index is 3.36. The van der Waals surface area contributed by atoms with Crippen molar-refractivity contribution in [1.29, 1.82) is 0 Å². The predicted octanol–water partition coefficient (Wildman–Crippen LogP) is 1.12. The zero-order chi connectivity index (χ0) is 12.1. The molecule has 0 radical (unpaired) electrons. The van der Waals surface area contributed by atoms with Crippen LogP contribution in [0.1, 0.15) is 11.1 Å². The zero-order valence-corrected chi connectivity index (χ0v) is 10.4. The van der Waals surface area contributed by atoms with E-state index in [-0.39, 0.29) is 0 Å². The lowest BCUT2D eigenvalue weighted by Crippen LogP contribution is -2.12. The van der Waals surface area contributed by atoms with E-state index in [1.807, 2.05) is 18.2 Å². The summed E-state index contributed by atoms with van der Waals surface area (Å²) in [4.78, 5) is 3.84. The summed E-state index contributed by atoms with van der Waals surface area (Å²) in [6, 6.07) is 5.88. The molecule has 0 fully saturated rings. The van der Waals surface area contributed by atoms with Gasteiger partial charge in [0, 0.05) is 18.8 Å². The first-order valence-corrected chi connectivity index (χ1v) is 5.37. The van der Waals surface area contributed by atoms with Crippen LogP contribution in [0.4, 0.5) is 0 Å². The maximum Gasteiger partial charge on any atom is 0.0735 e. The van der Waals surface area contributed by atoms with Gasteiger partial charge < -0.3 is 11.5 Å². The van der Waals surface area contributed by atoms with Gasteiger partial charge in [-0.05, 0) is 16.9 Å². The van der Waals surface area contributed by atoms with Crippen molar-refractivity contribution in [3.8, 4) is 0 Å². The Hall–Kier alpha value is -1.60. The Morgan fingerprint density at radius 3 is 2.69 bits per heavy atom. The monoisotopic (exact) mass is 233 g/mol. The van der Waals surface area contributed by atoms with Gasteiger partial charge in [-0.1, -0.05) is 24.8 Å². The largest absolute Gasteiger partial charge is 0.397 e. The summed E-state index contributed by atoms with van der Waals surface area (Å²) in [6.45, 7) is 3.75. The van der Waals surface area contributed by atoms with Crippen LogP contribution >= 0.6 is 9.24 Å². The van der Waals surface area contributed by atoms with E-state index in [4.69, 9.17) is 11.5 Å². The summed E-state index contributed by atoms with van der Waals surface area (Å²) in [5.74, 6) is 0. The molecule has 1 aromatic carbocycles. The normalized spacial score (nSPS) is 12.6. The van der Waals surface area contributed by atoms with Gasteiger partial charge in [0.05, 0.1) is 11.4 Å². The first-order valence-electron chi connectivity index (χ1n) is 4.80. The number of hydrogen-bond acceptors (Lipinski definition) is 3. The second kappa shape index (κ2) is 5.47. The molecule has 1 aromatic rings. The summed E-state index contributed by atoms with van der Waals surface area (Å²) >= 11 is 0. The fourth-order valence-electron chi connectivity index (χ4n) is 1.35. The van der Waals surface area contributed by atoms with Crippen molar-refractivity contribution < 1.29 is 0 Å². The van der Waals surface area contributed by atoms with Crippen LogP contribution in [0.3, 0.4) is 0 Å². The lowest BCUT2D eigenvalue weighted by Gasteiger charge is -2.09. The minimum Gasteiger partial charge on any atom is -0.397 e. The van der Waals surface area contributed by atoms with Crippen LogP contribution in [-0.2, 0) is 0 Å². The third kappa shape index (κ3) is 2.71. The molecular formula is C12H16N3P. The SMILES string of the molecule is C=Cc1ccc(P)cc1C(N)=C(N)C=NC. The molecular weight excluding hydrogens is 217 g/mol. The van der Waals surface area contributed by atoms with Crippen LogP contribution in [0.25, 0.3) is 11.8 Å². The molecule has 0 spiro atoms. The Morgan fingerprint density at radius 1 is 1.44 bits per heavy atom. The maximum absolute atomic E-state index is 5.98. The van der Waals surface area contributed by atoms with Gasteiger partial charge >= 0.3 is 0 Å². The Labute approximate surface area is 98.1 Å². The van der Waals surface area contributed by atoms with Gasteiger partial charge in [-0.15, -0.1) is 9.24 Å². The summed E-state index contributed by atoms with van der Waals surface area (Å²) in [5, 5.41) is 1.05. The Kier molecular flexibility index (Phi) is 4.27. The lowest BCUT2D eigenvalue weighted by molar-refractivity contribution is 1.38. The molecule has 0 bridgehead atoms. The Bertz CT molecular complexity index is 461. The number of benzene rings is 1. The molecule has 0 aliphatic carbocycles. The molecule has 0 aliphatic rings. The highest BCUT2D eigenvalue weighted by molar-refractivity contribution is 7.27. The summed E-state index contributed by atoms with van der Waals surface area (Å²) < 4.78 is 0. The van der Waals surface area contributed by atoms with E-state index in [9.17, 15) is 0 Å². The van der Waals surface area contributed by atoms with Crippen molar-refractivity contribution in [2.45, 2.75) is 0 Å². The van der Waals surface area contributed by atoms with Gasteiger partial charge in [0.25, 0.3) is 0 Å². The first-order chi connectivity index (χ1) is 7.60. The van der Waals surface area contributed by atoms with E-state index in [2.05, 4.69) is 20.8 Å². The van der Waals surface area contributed by atoms with Gasteiger partial charge in [0.15, 0.2) is 0 Å². The van der Waals surface area contributed by atoms with Crippen LogP contribution < -0.4 is 16.8 Å². The number of rotatable bonds is 3. The van der Waals surface area contributed by atoms with Crippen LogP contribution in [0.5, 0.6) is 0 Å². The highest BCUT2D eigenvalue weighted by Gasteiger charge is 2.05. The number of nitrogens with zero attached hydrogens (tertiary/aromatic N) is 1. The molecule has 0 aliphatic heterocycles. The second-order valence-electron chi connectivity index (χ2n) is 3.31. The van der Waals surface area contributed by atoms with Crippen molar-refractivity contribution in [2.75, 3.05) is 7.05 Å². The standard InChI is InChI=1S/C12H16N3P/c1-3-8-4-5-9(16)6-10(8)12(14)11(13)7-15-2/h3-7H,1,13-14,16H2,2H3. The molecule has 4 heteroatoms. The van der Waals surface area contributed by atoms with Crippen molar-refractivity contribution >= 4 is 32.5 Å². The van der Waals surface area contributed by atoms with Crippen molar-refractivity contribution in [3.05, 3.63) is 41.6 Å². The second-order valence-corrected chi connectivity index (χ2v) is 3.97. The highest BCUT2D eigenvalue weighted by atomic mass is 31.0. The molecule has 1 atom stereocenters. The number of hydrogen-bond donors (Lipinski definition) is 2. The van der Waals surface area contributed by atoms with Crippen LogP contribution in [0, 0.1) is 0 Å². The van der Waals surface area contributed by atoms with E-state index in [0.29, 0.717) is 11.4 Å². The van der Waals surface area contributed by atoms with E-state index in [1.165, 1.54) is 6.21 Å². The fourth-order valence-corrected chi connectivity index (χ4v) is 1.61.